The van der Waals surface area contributed by atoms with Gasteiger partial charge in [-0.05, 0) is 28.1 Å². The Labute approximate surface area is 118 Å². The molecule has 0 saturated heterocycles. The first kappa shape index (κ1) is 13.3. The zero-order chi connectivity index (χ0) is 13.8. The van der Waals surface area contributed by atoms with Crippen molar-refractivity contribution in [3.05, 3.63) is 46.7 Å². The predicted octanol–water partition coefficient (Wildman–Crippen LogP) is 2.10. The van der Waals surface area contributed by atoms with Gasteiger partial charge in [0.05, 0.1) is 4.47 Å². The second kappa shape index (κ2) is 5.66. The molecule has 0 spiro atoms. The van der Waals surface area contributed by atoms with Crippen LogP contribution in [0.1, 0.15) is 5.56 Å². The zero-order valence-corrected chi connectivity index (χ0v) is 11.7. The Hall–Kier alpha value is -2.15. The van der Waals surface area contributed by atoms with Gasteiger partial charge >= 0.3 is 0 Å². The Morgan fingerprint density at radius 2 is 2.05 bits per heavy atom. The van der Waals surface area contributed by atoms with Crippen LogP contribution in [0.2, 0.25) is 0 Å². The maximum atomic E-state index is 8.68. The molecule has 0 unspecified atom stereocenters. The summed E-state index contributed by atoms with van der Waals surface area (Å²) in [5, 5.41) is 11.7. The van der Waals surface area contributed by atoms with Gasteiger partial charge in [-0.25, -0.2) is 9.97 Å². The second-order valence-corrected chi connectivity index (χ2v) is 4.71. The van der Waals surface area contributed by atoms with Crippen molar-refractivity contribution >= 4 is 33.4 Å². The summed E-state index contributed by atoms with van der Waals surface area (Å²) in [5.41, 5.74) is 7.03. The Morgan fingerprint density at radius 1 is 1.37 bits per heavy atom. The topological polar surface area (TPSA) is 87.6 Å². The predicted molar refractivity (Wildman–Crippen MR) is 76.7 cm³/mol. The van der Waals surface area contributed by atoms with Crippen molar-refractivity contribution in [2.45, 2.75) is 0 Å². The van der Waals surface area contributed by atoms with Gasteiger partial charge in [-0.3, -0.25) is 0 Å². The van der Waals surface area contributed by atoms with Crippen LogP contribution in [0.3, 0.4) is 0 Å². The number of amidine groups is 1. The molecule has 1 aromatic heterocycles. The van der Waals surface area contributed by atoms with E-state index in [-0.39, 0.29) is 5.84 Å². The van der Waals surface area contributed by atoms with Gasteiger partial charge in [-0.1, -0.05) is 17.3 Å². The minimum Gasteiger partial charge on any atom is -0.409 e. The van der Waals surface area contributed by atoms with Gasteiger partial charge in [-0.15, -0.1) is 0 Å². The van der Waals surface area contributed by atoms with Crippen molar-refractivity contribution in [3.63, 3.8) is 0 Å². The number of rotatable bonds is 3. The van der Waals surface area contributed by atoms with Gasteiger partial charge in [0, 0.05) is 30.7 Å². The van der Waals surface area contributed by atoms with E-state index in [1.807, 2.05) is 19.2 Å². The van der Waals surface area contributed by atoms with E-state index in [9.17, 15) is 0 Å². The Bertz CT molecular complexity index is 599. The van der Waals surface area contributed by atoms with Crippen LogP contribution in [0.15, 0.2) is 46.3 Å². The van der Waals surface area contributed by atoms with Crippen molar-refractivity contribution in [1.29, 1.82) is 0 Å². The second-order valence-electron chi connectivity index (χ2n) is 3.80. The van der Waals surface area contributed by atoms with Gasteiger partial charge < -0.3 is 15.8 Å². The van der Waals surface area contributed by atoms with Crippen LogP contribution in [0.4, 0.5) is 11.6 Å². The Morgan fingerprint density at radius 3 is 2.68 bits per heavy atom. The third-order valence-electron chi connectivity index (χ3n) is 2.54. The fraction of sp³-hybridized carbons (Fsp3) is 0.0833. The first-order chi connectivity index (χ1) is 9.11. The first-order valence-electron chi connectivity index (χ1n) is 5.41. The molecule has 0 aliphatic heterocycles. The molecule has 19 heavy (non-hydrogen) atoms. The summed E-state index contributed by atoms with van der Waals surface area (Å²) in [7, 11) is 1.84. The standard InChI is InChI=1S/C12H12BrN5O/c1-18(12-15-6-9(13)7-16-12)10-4-2-3-8(5-10)11(14)17-19/h2-7,19H,1H3,(H2,14,17). The lowest BCUT2D eigenvalue weighted by Crippen LogP contribution is -2.16. The van der Waals surface area contributed by atoms with Crippen LogP contribution in [-0.4, -0.2) is 28.1 Å². The third-order valence-corrected chi connectivity index (χ3v) is 2.95. The number of nitrogens with zero attached hydrogens (tertiary/aromatic N) is 4. The third kappa shape index (κ3) is 3.00. The molecule has 2 aromatic rings. The number of hydrogen-bond acceptors (Lipinski definition) is 5. The molecule has 98 valence electrons. The summed E-state index contributed by atoms with van der Waals surface area (Å²) in [4.78, 5) is 10.2. The van der Waals surface area contributed by atoms with Gasteiger partial charge in [0.25, 0.3) is 0 Å². The number of nitrogens with two attached hydrogens (primary N) is 1. The fourth-order valence-electron chi connectivity index (χ4n) is 1.53. The molecule has 1 aromatic carbocycles. The molecular weight excluding hydrogens is 310 g/mol. The van der Waals surface area contributed by atoms with Gasteiger partial charge in [-0.2, -0.15) is 0 Å². The molecule has 0 radical (unpaired) electrons. The summed E-state index contributed by atoms with van der Waals surface area (Å²) in [6.45, 7) is 0. The van der Waals surface area contributed by atoms with E-state index >= 15 is 0 Å². The Balaban J connectivity index is 2.33. The fourth-order valence-corrected chi connectivity index (χ4v) is 1.73. The van der Waals surface area contributed by atoms with E-state index in [1.165, 1.54) is 0 Å². The van der Waals surface area contributed by atoms with Crippen LogP contribution >= 0.6 is 15.9 Å². The number of benzene rings is 1. The van der Waals surface area contributed by atoms with E-state index in [0.29, 0.717) is 11.5 Å². The van der Waals surface area contributed by atoms with Crippen molar-refractivity contribution in [1.82, 2.24) is 9.97 Å². The number of oxime groups is 1. The highest BCUT2D eigenvalue weighted by Crippen LogP contribution is 2.21. The quantitative estimate of drug-likeness (QED) is 0.391. The van der Waals surface area contributed by atoms with Crippen LogP contribution in [-0.2, 0) is 0 Å². The lowest BCUT2D eigenvalue weighted by molar-refractivity contribution is 0.318. The van der Waals surface area contributed by atoms with E-state index < -0.39 is 0 Å². The normalized spacial score (nSPS) is 11.4. The molecule has 0 saturated carbocycles. The van der Waals surface area contributed by atoms with E-state index in [2.05, 4.69) is 31.1 Å². The molecule has 0 fully saturated rings. The largest absolute Gasteiger partial charge is 0.409 e. The maximum absolute atomic E-state index is 8.68. The molecule has 1 heterocycles. The van der Waals surface area contributed by atoms with Crippen molar-refractivity contribution < 1.29 is 5.21 Å². The lowest BCUT2D eigenvalue weighted by Gasteiger charge is -2.17. The van der Waals surface area contributed by atoms with Crippen LogP contribution in [0, 0.1) is 0 Å². The molecule has 7 heteroatoms. The average Bonchev–Trinajstić information content (AvgIpc) is 2.46. The molecule has 3 N–H and O–H groups in total. The molecular formula is C12H12BrN5O. The van der Waals surface area contributed by atoms with E-state index in [4.69, 9.17) is 10.9 Å². The van der Waals surface area contributed by atoms with Crippen LogP contribution < -0.4 is 10.6 Å². The average molecular weight is 322 g/mol. The monoisotopic (exact) mass is 321 g/mol. The smallest absolute Gasteiger partial charge is 0.229 e. The SMILES string of the molecule is CN(c1cccc(/C(N)=N/O)c1)c1ncc(Br)cn1. The maximum Gasteiger partial charge on any atom is 0.229 e. The van der Waals surface area contributed by atoms with Gasteiger partial charge in [0.1, 0.15) is 0 Å². The summed E-state index contributed by atoms with van der Waals surface area (Å²) in [5.74, 6) is 0.617. The first-order valence-corrected chi connectivity index (χ1v) is 6.20. The van der Waals surface area contributed by atoms with Crippen LogP contribution in [0.25, 0.3) is 0 Å². The summed E-state index contributed by atoms with van der Waals surface area (Å²) >= 11 is 3.29. The van der Waals surface area contributed by atoms with Crippen molar-refractivity contribution in [2.24, 2.45) is 10.9 Å². The van der Waals surface area contributed by atoms with Crippen molar-refractivity contribution in [2.75, 3.05) is 11.9 Å². The highest BCUT2D eigenvalue weighted by atomic mass is 79.9. The zero-order valence-electron chi connectivity index (χ0n) is 10.2. The summed E-state index contributed by atoms with van der Waals surface area (Å²) in [6, 6.07) is 7.26. The lowest BCUT2D eigenvalue weighted by atomic mass is 10.2. The minimum absolute atomic E-state index is 0.0620. The molecule has 0 aliphatic rings. The molecule has 0 atom stereocenters. The highest BCUT2D eigenvalue weighted by Gasteiger charge is 2.08. The van der Waals surface area contributed by atoms with Crippen LogP contribution in [0.5, 0.6) is 0 Å². The van der Waals surface area contributed by atoms with Gasteiger partial charge in [0.2, 0.25) is 5.95 Å². The number of halogens is 1. The number of aromatic nitrogens is 2. The molecule has 0 bridgehead atoms. The molecule has 6 nitrogen and oxygen atoms in total. The molecule has 2 rings (SSSR count). The minimum atomic E-state index is 0.0620. The molecule has 0 aliphatic carbocycles. The molecule has 0 amide bonds. The number of hydrogen-bond donors (Lipinski definition) is 2. The highest BCUT2D eigenvalue weighted by molar-refractivity contribution is 9.10. The Kier molecular flexibility index (Phi) is 3.96. The summed E-state index contributed by atoms with van der Waals surface area (Å²) in [6.07, 6.45) is 3.35. The summed E-state index contributed by atoms with van der Waals surface area (Å²) < 4.78 is 0.815. The van der Waals surface area contributed by atoms with E-state index in [1.54, 1.807) is 29.4 Å². The van der Waals surface area contributed by atoms with Crippen molar-refractivity contribution in [3.8, 4) is 0 Å². The van der Waals surface area contributed by atoms with E-state index in [0.717, 1.165) is 10.2 Å². The number of anilines is 2. The van der Waals surface area contributed by atoms with Gasteiger partial charge in [0.15, 0.2) is 5.84 Å².